The van der Waals surface area contributed by atoms with Crippen molar-refractivity contribution < 1.29 is 8.42 Å². The van der Waals surface area contributed by atoms with Crippen molar-refractivity contribution in [3.05, 3.63) is 24.3 Å². The zero-order valence-electron chi connectivity index (χ0n) is 10.4. The average molecular weight is 257 g/mol. The number of anilines is 1. The van der Waals surface area contributed by atoms with E-state index in [-0.39, 0.29) is 4.90 Å². The molecule has 0 unspecified atom stereocenters. The van der Waals surface area contributed by atoms with Crippen LogP contribution in [0.4, 0.5) is 5.69 Å². The van der Waals surface area contributed by atoms with E-state index in [0.717, 1.165) is 0 Å². The first-order chi connectivity index (χ1) is 7.97. The summed E-state index contributed by atoms with van der Waals surface area (Å²) in [7, 11) is 2.06. The molecule has 0 heterocycles. The van der Waals surface area contributed by atoms with Crippen LogP contribution < -0.4 is 10.0 Å². The fourth-order valence-electron chi connectivity index (χ4n) is 1.39. The zero-order chi connectivity index (χ0) is 12.9. The molecule has 0 fully saturated rings. The quantitative estimate of drug-likeness (QED) is 0.782. The molecule has 96 valence electrons. The maximum absolute atomic E-state index is 12.0. The van der Waals surface area contributed by atoms with Crippen molar-refractivity contribution in [3.63, 3.8) is 0 Å². The van der Waals surface area contributed by atoms with Crippen LogP contribution in [0.3, 0.4) is 0 Å². The lowest BCUT2D eigenvalue weighted by Crippen LogP contribution is -2.31. The van der Waals surface area contributed by atoms with Gasteiger partial charge in [0.15, 0.2) is 0 Å². The first-order valence-corrected chi connectivity index (χ1v) is 6.87. The lowest BCUT2D eigenvalue weighted by atomic mass is 10.3. The predicted octanol–water partition coefficient (Wildman–Crippen LogP) is 0.568. The summed E-state index contributed by atoms with van der Waals surface area (Å²) < 4.78 is 26.6. The van der Waals surface area contributed by atoms with Crippen molar-refractivity contribution in [2.45, 2.75) is 4.90 Å². The van der Waals surface area contributed by atoms with Crippen molar-refractivity contribution in [3.8, 4) is 0 Å². The number of hydrogen-bond acceptors (Lipinski definition) is 4. The van der Waals surface area contributed by atoms with E-state index in [1.807, 2.05) is 19.0 Å². The van der Waals surface area contributed by atoms with Gasteiger partial charge in [0.05, 0.1) is 5.69 Å². The van der Waals surface area contributed by atoms with Gasteiger partial charge in [0.2, 0.25) is 10.0 Å². The van der Waals surface area contributed by atoms with Crippen molar-refractivity contribution in [2.24, 2.45) is 0 Å². The van der Waals surface area contributed by atoms with Crippen LogP contribution in [0.1, 0.15) is 0 Å². The SMILES string of the molecule is CNc1ccccc1S(=O)(=O)NCCN(C)C. The maximum Gasteiger partial charge on any atom is 0.242 e. The number of likely N-dealkylation sites (N-methyl/N-ethyl adjacent to an activating group) is 1. The zero-order valence-corrected chi connectivity index (χ0v) is 11.2. The largest absolute Gasteiger partial charge is 0.387 e. The molecular formula is C11H19N3O2S. The van der Waals surface area contributed by atoms with Gasteiger partial charge in [-0.25, -0.2) is 13.1 Å². The molecule has 0 spiro atoms. The third-order valence-corrected chi connectivity index (χ3v) is 3.82. The average Bonchev–Trinajstić information content (AvgIpc) is 2.28. The number of sulfonamides is 1. The summed E-state index contributed by atoms with van der Waals surface area (Å²) in [6.07, 6.45) is 0. The number of para-hydroxylation sites is 1. The van der Waals surface area contributed by atoms with Crippen molar-refractivity contribution >= 4 is 15.7 Å². The molecule has 0 radical (unpaired) electrons. The second kappa shape index (κ2) is 6.00. The van der Waals surface area contributed by atoms with E-state index < -0.39 is 10.0 Å². The summed E-state index contributed by atoms with van der Waals surface area (Å²) in [5, 5.41) is 2.87. The molecule has 1 aromatic rings. The van der Waals surface area contributed by atoms with E-state index in [4.69, 9.17) is 0 Å². The van der Waals surface area contributed by atoms with E-state index in [1.54, 1.807) is 31.3 Å². The Morgan fingerprint density at radius 2 is 1.88 bits per heavy atom. The van der Waals surface area contributed by atoms with Crippen LogP contribution in [-0.4, -0.2) is 47.6 Å². The Kier molecular flexibility index (Phi) is 4.92. The molecule has 5 nitrogen and oxygen atoms in total. The minimum atomic E-state index is -3.44. The van der Waals surface area contributed by atoms with E-state index in [2.05, 4.69) is 10.0 Å². The molecule has 0 aromatic heterocycles. The van der Waals surface area contributed by atoms with Gasteiger partial charge in [0, 0.05) is 20.1 Å². The molecule has 0 aliphatic carbocycles. The molecule has 1 rings (SSSR count). The van der Waals surface area contributed by atoms with Gasteiger partial charge in [-0.05, 0) is 26.2 Å². The number of benzene rings is 1. The second-order valence-corrected chi connectivity index (χ2v) is 5.68. The Labute approximate surface area is 103 Å². The van der Waals surface area contributed by atoms with Gasteiger partial charge in [0.25, 0.3) is 0 Å². The highest BCUT2D eigenvalue weighted by atomic mass is 32.2. The molecule has 0 saturated carbocycles. The Morgan fingerprint density at radius 1 is 1.24 bits per heavy atom. The highest BCUT2D eigenvalue weighted by Crippen LogP contribution is 2.19. The Bertz CT molecular complexity index is 458. The molecule has 1 aromatic carbocycles. The molecule has 2 N–H and O–H groups in total. The lowest BCUT2D eigenvalue weighted by Gasteiger charge is -2.13. The van der Waals surface area contributed by atoms with Gasteiger partial charge in [-0.1, -0.05) is 12.1 Å². The Morgan fingerprint density at radius 3 is 2.47 bits per heavy atom. The minimum Gasteiger partial charge on any atom is -0.387 e. The number of hydrogen-bond donors (Lipinski definition) is 2. The molecule has 0 aliphatic heterocycles. The molecule has 0 saturated heterocycles. The first-order valence-electron chi connectivity index (χ1n) is 5.38. The minimum absolute atomic E-state index is 0.279. The van der Waals surface area contributed by atoms with Gasteiger partial charge in [-0.3, -0.25) is 0 Å². The Balaban J connectivity index is 2.82. The van der Waals surface area contributed by atoms with Gasteiger partial charge in [0.1, 0.15) is 4.90 Å². The summed E-state index contributed by atoms with van der Waals surface area (Å²) >= 11 is 0. The van der Waals surface area contributed by atoms with Crippen LogP contribution in [0.2, 0.25) is 0 Å². The number of nitrogens with zero attached hydrogens (tertiary/aromatic N) is 1. The maximum atomic E-state index is 12.0. The number of nitrogens with one attached hydrogen (secondary N) is 2. The van der Waals surface area contributed by atoms with E-state index in [0.29, 0.717) is 18.8 Å². The molecule has 0 amide bonds. The van der Waals surface area contributed by atoms with Gasteiger partial charge in [-0.2, -0.15) is 0 Å². The molecule has 6 heteroatoms. The highest BCUT2D eigenvalue weighted by molar-refractivity contribution is 7.89. The standard InChI is InChI=1S/C11H19N3O2S/c1-12-10-6-4-5-7-11(10)17(15,16)13-8-9-14(2)3/h4-7,12-13H,8-9H2,1-3H3. The smallest absolute Gasteiger partial charge is 0.242 e. The topological polar surface area (TPSA) is 61.4 Å². The third kappa shape index (κ3) is 3.99. The summed E-state index contributed by atoms with van der Waals surface area (Å²) in [6, 6.07) is 6.83. The van der Waals surface area contributed by atoms with E-state index in [9.17, 15) is 8.42 Å². The summed E-state index contributed by atoms with van der Waals surface area (Å²) in [5.74, 6) is 0. The van der Waals surface area contributed by atoms with Crippen LogP contribution in [0.5, 0.6) is 0 Å². The summed E-state index contributed by atoms with van der Waals surface area (Å²) in [6.45, 7) is 1.06. The normalized spacial score (nSPS) is 11.8. The van der Waals surface area contributed by atoms with Crippen LogP contribution in [-0.2, 0) is 10.0 Å². The van der Waals surface area contributed by atoms with Crippen LogP contribution in [0.25, 0.3) is 0 Å². The van der Waals surface area contributed by atoms with Gasteiger partial charge < -0.3 is 10.2 Å². The highest BCUT2D eigenvalue weighted by Gasteiger charge is 2.16. The monoisotopic (exact) mass is 257 g/mol. The fraction of sp³-hybridized carbons (Fsp3) is 0.455. The summed E-state index contributed by atoms with van der Waals surface area (Å²) in [4.78, 5) is 2.20. The van der Waals surface area contributed by atoms with E-state index in [1.165, 1.54) is 0 Å². The number of rotatable bonds is 6. The second-order valence-electron chi connectivity index (χ2n) is 3.95. The van der Waals surface area contributed by atoms with Crippen molar-refractivity contribution in [1.29, 1.82) is 0 Å². The molecule has 0 aliphatic rings. The van der Waals surface area contributed by atoms with Crippen LogP contribution >= 0.6 is 0 Å². The van der Waals surface area contributed by atoms with Gasteiger partial charge in [-0.15, -0.1) is 0 Å². The van der Waals surface area contributed by atoms with Crippen LogP contribution in [0.15, 0.2) is 29.2 Å². The molecule has 0 atom stereocenters. The lowest BCUT2D eigenvalue weighted by molar-refractivity contribution is 0.412. The van der Waals surface area contributed by atoms with Crippen LogP contribution in [0, 0.1) is 0 Å². The summed E-state index contributed by atoms with van der Waals surface area (Å²) in [5.41, 5.74) is 0.602. The van der Waals surface area contributed by atoms with Gasteiger partial charge >= 0.3 is 0 Å². The first kappa shape index (κ1) is 14.0. The van der Waals surface area contributed by atoms with E-state index >= 15 is 0 Å². The Hall–Kier alpha value is -1.11. The predicted molar refractivity (Wildman–Crippen MR) is 69.7 cm³/mol. The molecule has 0 bridgehead atoms. The van der Waals surface area contributed by atoms with Crippen molar-refractivity contribution in [1.82, 2.24) is 9.62 Å². The van der Waals surface area contributed by atoms with Crippen molar-refractivity contribution in [2.75, 3.05) is 39.5 Å². The molecule has 17 heavy (non-hydrogen) atoms. The molecular weight excluding hydrogens is 238 g/mol. The fourth-order valence-corrected chi connectivity index (χ4v) is 2.62. The third-order valence-electron chi connectivity index (χ3n) is 2.30.